The molecule has 6 heteroatoms. The number of nitrogens with zero attached hydrogens (tertiary/aromatic N) is 2. The Morgan fingerprint density at radius 2 is 1.37 bits per heavy atom. The van der Waals surface area contributed by atoms with Gasteiger partial charge in [-0.05, 0) is 23.3 Å². The van der Waals surface area contributed by atoms with Gasteiger partial charge in [-0.15, -0.1) is 12.4 Å². The zero-order chi connectivity index (χ0) is 18.2. The van der Waals surface area contributed by atoms with Gasteiger partial charge in [0.15, 0.2) is 0 Å². The Hall–Kier alpha value is -1.92. The second-order valence-electron chi connectivity index (χ2n) is 6.82. The molecule has 3 rings (SSSR count). The normalized spacial score (nSPS) is 15.1. The number of carbonyl (C=O) groups excluding carboxylic acids is 1. The lowest BCUT2D eigenvalue weighted by Crippen LogP contribution is -2.45. The maximum Gasteiger partial charge on any atom is 0.225 e. The van der Waals surface area contributed by atoms with E-state index in [2.05, 4.69) is 57.6 Å². The van der Waals surface area contributed by atoms with Gasteiger partial charge in [-0.2, -0.15) is 0 Å². The number of nitrogens with two attached hydrogens (primary N) is 1. The summed E-state index contributed by atoms with van der Waals surface area (Å²) < 4.78 is 0. The lowest BCUT2D eigenvalue weighted by atomic mass is 10.1. The molecule has 1 amide bonds. The van der Waals surface area contributed by atoms with E-state index >= 15 is 0 Å². The van der Waals surface area contributed by atoms with Crippen molar-refractivity contribution < 1.29 is 4.79 Å². The Balaban J connectivity index is 0.00000261. The van der Waals surface area contributed by atoms with E-state index in [-0.39, 0.29) is 18.3 Å². The standard InChI is InChI=1S/C21H28N4O.ClH/c22-11-10-21(26)23-20-8-6-19(7-9-20)17-25-14-12-24(13-15-25)16-18-4-2-1-3-5-18;/h1-9H,10-17,22H2,(H,23,26);1H. The second kappa shape index (κ2) is 11.0. The van der Waals surface area contributed by atoms with Crippen LogP contribution in [0, 0.1) is 0 Å². The molecule has 1 aliphatic heterocycles. The quantitative estimate of drug-likeness (QED) is 0.765. The van der Waals surface area contributed by atoms with Gasteiger partial charge in [-0.1, -0.05) is 42.5 Å². The van der Waals surface area contributed by atoms with E-state index < -0.39 is 0 Å². The van der Waals surface area contributed by atoms with Crippen LogP contribution in [0.3, 0.4) is 0 Å². The predicted molar refractivity (Wildman–Crippen MR) is 113 cm³/mol. The SMILES string of the molecule is Cl.NCCC(=O)Nc1ccc(CN2CCN(Cc3ccccc3)CC2)cc1. The molecular formula is C21H29ClN4O. The maximum atomic E-state index is 11.6. The van der Waals surface area contributed by atoms with Crippen molar-refractivity contribution in [3.05, 3.63) is 65.7 Å². The monoisotopic (exact) mass is 388 g/mol. The van der Waals surface area contributed by atoms with E-state index in [0.717, 1.165) is 45.0 Å². The van der Waals surface area contributed by atoms with Gasteiger partial charge in [-0.3, -0.25) is 14.6 Å². The first-order valence-electron chi connectivity index (χ1n) is 9.30. The smallest absolute Gasteiger partial charge is 0.225 e. The molecular weight excluding hydrogens is 360 g/mol. The number of carbonyl (C=O) groups is 1. The number of amides is 1. The van der Waals surface area contributed by atoms with Gasteiger partial charge in [-0.25, -0.2) is 0 Å². The van der Waals surface area contributed by atoms with Crippen molar-refractivity contribution in [1.82, 2.24) is 9.80 Å². The summed E-state index contributed by atoms with van der Waals surface area (Å²) in [5, 5.41) is 2.86. The first-order chi connectivity index (χ1) is 12.7. The van der Waals surface area contributed by atoms with E-state index in [1.807, 2.05) is 12.1 Å². The third-order valence-electron chi connectivity index (χ3n) is 4.73. The zero-order valence-electron chi connectivity index (χ0n) is 15.6. The number of anilines is 1. The molecule has 2 aromatic rings. The van der Waals surface area contributed by atoms with Crippen LogP contribution in [0.2, 0.25) is 0 Å². The summed E-state index contributed by atoms with van der Waals surface area (Å²) >= 11 is 0. The Bertz CT molecular complexity index is 685. The molecule has 27 heavy (non-hydrogen) atoms. The number of piperazine rings is 1. The van der Waals surface area contributed by atoms with Crippen LogP contribution in [-0.2, 0) is 17.9 Å². The lowest BCUT2D eigenvalue weighted by molar-refractivity contribution is -0.116. The summed E-state index contributed by atoms with van der Waals surface area (Å²) in [5.74, 6) is -0.0326. The highest BCUT2D eigenvalue weighted by atomic mass is 35.5. The minimum Gasteiger partial charge on any atom is -0.330 e. The number of halogens is 1. The minimum absolute atomic E-state index is 0. The summed E-state index contributed by atoms with van der Waals surface area (Å²) in [6.07, 6.45) is 0.356. The molecule has 146 valence electrons. The fourth-order valence-electron chi connectivity index (χ4n) is 3.25. The molecule has 2 aromatic carbocycles. The van der Waals surface area contributed by atoms with Gasteiger partial charge < -0.3 is 11.1 Å². The van der Waals surface area contributed by atoms with Gasteiger partial charge >= 0.3 is 0 Å². The number of rotatable bonds is 7. The zero-order valence-corrected chi connectivity index (χ0v) is 16.5. The van der Waals surface area contributed by atoms with Gasteiger partial charge in [0.1, 0.15) is 0 Å². The largest absolute Gasteiger partial charge is 0.330 e. The molecule has 0 radical (unpaired) electrons. The molecule has 1 fully saturated rings. The van der Waals surface area contributed by atoms with E-state index in [1.165, 1.54) is 11.1 Å². The lowest BCUT2D eigenvalue weighted by Gasteiger charge is -2.34. The van der Waals surface area contributed by atoms with Gasteiger partial charge in [0, 0.05) is 57.9 Å². The summed E-state index contributed by atoms with van der Waals surface area (Å²) in [4.78, 5) is 16.6. The van der Waals surface area contributed by atoms with Crippen molar-refractivity contribution in [2.45, 2.75) is 19.5 Å². The van der Waals surface area contributed by atoms with Crippen molar-refractivity contribution in [2.24, 2.45) is 5.73 Å². The molecule has 0 aliphatic carbocycles. The summed E-state index contributed by atoms with van der Waals surface area (Å²) in [6.45, 7) is 6.73. The van der Waals surface area contributed by atoms with Crippen LogP contribution in [0.15, 0.2) is 54.6 Å². The van der Waals surface area contributed by atoms with Crippen molar-refractivity contribution in [2.75, 3.05) is 38.0 Å². The van der Waals surface area contributed by atoms with Crippen molar-refractivity contribution in [3.8, 4) is 0 Å². The number of hydrogen-bond donors (Lipinski definition) is 2. The highest BCUT2D eigenvalue weighted by Crippen LogP contribution is 2.14. The Morgan fingerprint density at radius 3 is 1.89 bits per heavy atom. The first kappa shape index (κ1) is 21.4. The van der Waals surface area contributed by atoms with Crippen LogP contribution in [0.1, 0.15) is 17.5 Å². The van der Waals surface area contributed by atoms with Crippen LogP contribution in [0.25, 0.3) is 0 Å². The molecule has 0 aromatic heterocycles. The summed E-state index contributed by atoms with van der Waals surface area (Å²) in [5.41, 5.74) is 8.89. The summed E-state index contributed by atoms with van der Waals surface area (Å²) in [7, 11) is 0. The molecule has 5 nitrogen and oxygen atoms in total. The van der Waals surface area contributed by atoms with Crippen molar-refractivity contribution in [1.29, 1.82) is 0 Å². The molecule has 1 aliphatic rings. The van der Waals surface area contributed by atoms with Crippen LogP contribution < -0.4 is 11.1 Å². The Morgan fingerprint density at radius 1 is 0.852 bits per heavy atom. The van der Waals surface area contributed by atoms with Gasteiger partial charge in [0.2, 0.25) is 5.91 Å². The van der Waals surface area contributed by atoms with E-state index in [4.69, 9.17) is 5.73 Å². The first-order valence-corrected chi connectivity index (χ1v) is 9.30. The molecule has 3 N–H and O–H groups in total. The highest BCUT2D eigenvalue weighted by molar-refractivity contribution is 5.90. The topological polar surface area (TPSA) is 61.6 Å². The van der Waals surface area contributed by atoms with Crippen LogP contribution in [-0.4, -0.2) is 48.4 Å². The second-order valence-corrected chi connectivity index (χ2v) is 6.82. The third kappa shape index (κ3) is 6.96. The van der Waals surface area contributed by atoms with Crippen LogP contribution in [0.5, 0.6) is 0 Å². The molecule has 1 heterocycles. The number of nitrogens with one attached hydrogen (secondary N) is 1. The third-order valence-corrected chi connectivity index (χ3v) is 4.73. The van der Waals surface area contributed by atoms with E-state index in [1.54, 1.807) is 0 Å². The van der Waals surface area contributed by atoms with E-state index in [0.29, 0.717) is 13.0 Å². The van der Waals surface area contributed by atoms with Crippen molar-refractivity contribution >= 4 is 24.0 Å². The Labute approximate surface area is 167 Å². The molecule has 0 atom stereocenters. The van der Waals surface area contributed by atoms with Crippen LogP contribution >= 0.6 is 12.4 Å². The van der Waals surface area contributed by atoms with Crippen LogP contribution in [0.4, 0.5) is 5.69 Å². The van der Waals surface area contributed by atoms with Gasteiger partial charge in [0.05, 0.1) is 0 Å². The van der Waals surface area contributed by atoms with Crippen molar-refractivity contribution in [3.63, 3.8) is 0 Å². The number of hydrogen-bond acceptors (Lipinski definition) is 4. The fraction of sp³-hybridized carbons (Fsp3) is 0.381. The molecule has 0 unspecified atom stereocenters. The van der Waals surface area contributed by atoms with Gasteiger partial charge in [0.25, 0.3) is 0 Å². The molecule has 0 saturated carbocycles. The molecule has 1 saturated heterocycles. The maximum absolute atomic E-state index is 11.6. The average molecular weight is 389 g/mol. The average Bonchev–Trinajstić information content (AvgIpc) is 2.66. The Kier molecular flexibility index (Phi) is 8.75. The highest BCUT2D eigenvalue weighted by Gasteiger charge is 2.17. The van der Waals surface area contributed by atoms with E-state index in [9.17, 15) is 4.79 Å². The fourth-order valence-corrected chi connectivity index (χ4v) is 3.25. The minimum atomic E-state index is -0.0326. The number of benzene rings is 2. The molecule has 0 bridgehead atoms. The summed E-state index contributed by atoms with van der Waals surface area (Å²) in [6, 6.07) is 18.8. The predicted octanol–water partition coefficient (Wildman–Crippen LogP) is 2.71. The molecule has 0 spiro atoms.